The Morgan fingerprint density at radius 2 is 1.95 bits per heavy atom. The molecule has 3 rings (SSSR count). The molecule has 1 fully saturated rings. The Morgan fingerprint density at radius 3 is 2.62 bits per heavy atom. The number of anilines is 1. The molecule has 0 spiro atoms. The lowest BCUT2D eigenvalue weighted by Crippen LogP contribution is -2.27. The fourth-order valence-corrected chi connectivity index (χ4v) is 3.57. The first-order valence-electron chi connectivity index (χ1n) is 6.76. The average molecular weight is 311 g/mol. The van der Waals surface area contributed by atoms with Crippen LogP contribution < -0.4 is 4.90 Å². The van der Waals surface area contributed by atoms with E-state index in [1.54, 1.807) is 18.2 Å². The SMILES string of the molecule is O=C1CCCc2ccc(N3CC(S(=O)(=O)F)CC3=O)cc21. The summed E-state index contributed by atoms with van der Waals surface area (Å²) in [7, 11) is -4.73. The van der Waals surface area contributed by atoms with E-state index in [1.807, 2.05) is 0 Å². The van der Waals surface area contributed by atoms with Crippen molar-refractivity contribution in [3.8, 4) is 0 Å². The van der Waals surface area contributed by atoms with Gasteiger partial charge in [-0.1, -0.05) is 6.07 Å². The molecule has 1 unspecified atom stereocenters. The number of hydrogen-bond donors (Lipinski definition) is 0. The maximum atomic E-state index is 13.0. The number of amides is 1. The van der Waals surface area contributed by atoms with Crippen LogP contribution in [0.2, 0.25) is 0 Å². The molecule has 0 bridgehead atoms. The monoisotopic (exact) mass is 311 g/mol. The minimum atomic E-state index is -4.73. The van der Waals surface area contributed by atoms with Crippen molar-refractivity contribution < 1.29 is 21.9 Å². The second-order valence-electron chi connectivity index (χ2n) is 5.42. The number of Topliss-reactive ketones (excluding diaryl/α,β-unsaturated/α-hetero) is 1. The standard InChI is InChI=1S/C14H14FNO4S/c15-21(19,20)11-7-14(18)16(8-11)10-5-4-9-2-1-3-13(17)12(9)6-10/h4-6,11H,1-3,7-8H2. The zero-order chi connectivity index (χ0) is 15.2. The van der Waals surface area contributed by atoms with E-state index in [2.05, 4.69) is 0 Å². The molecule has 21 heavy (non-hydrogen) atoms. The van der Waals surface area contributed by atoms with Crippen molar-refractivity contribution in [2.75, 3.05) is 11.4 Å². The number of benzene rings is 1. The molecule has 0 saturated carbocycles. The van der Waals surface area contributed by atoms with Gasteiger partial charge in [-0.2, -0.15) is 8.42 Å². The lowest BCUT2D eigenvalue weighted by atomic mass is 9.90. The summed E-state index contributed by atoms with van der Waals surface area (Å²) >= 11 is 0. The molecule has 5 nitrogen and oxygen atoms in total. The Balaban J connectivity index is 1.93. The van der Waals surface area contributed by atoms with Crippen LogP contribution in [0.3, 0.4) is 0 Å². The molecule has 1 saturated heterocycles. The largest absolute Gasteiger partial charge is 0.311 e. The third-order valence-electron chi connectivity index (χ3n) is 4.04. The lowest BCUT2D eigenvalue weighted by molar-refractivity contribution is -0.117. The maximum absolute atomic E-state index is 13.0. The summed E-state index contributed by atoms with van der Waals surface area (Å²) in [5.74, 6) is -0.413. The fraction of sp³-hybridized carbons (Fsp3) is 0.429. The smallest absolute Gasteiger partial charge is 0.307 e. The van der Waals surface area contributed by atoms with Gasteiger partial charge in [0.25, 0.3) is 0 Å². The number of aryl methyl sites for hydroxylation is 1. The molecule has 1 amide bonds. The summed E-state index contributed by atoms with van der Waals surface area (Å²) in [5, 5.41) is -1.32. The van der Waals surface area contributed by atoms with Gasteiger partial charge in [0.15, 0.2) is 5.78 Å². The summed E-state index contributed by atoms with van der Waals surface area (Å²) in [6.07, 6.45) is 1.75. The van der Waals surface area contributed by atoms with Gasteiger partial charge in [-0.05, 0) is 30.5 Å². The molecular formula is C14H14FNO4S. The van der Waals surface area contributed by atoms with Gasteiger partial charge >= 0.3 is 10.2 Å². The molecule has 112 valence electrons. The molecule has 1 aliphatic heterocycles. The Morgan fingerprint density at radius 1 is 1.19 bits per heavy atom. The number of ketones is 1. The number of fused-ring (bicyclic) bond motifs is 1. The van der Waals surface area contributed by atoms with E-state index >= 15 is 0 Å². The molecule has 0 radical (unpaired) electrons. The van der Waals surface area contributed by atoms with Crippen LogP contribution in [0.4, 0.5) is 9.57 Å². The second kappa shape index (κ2) is 4.91. The maximum Gasteiger partial charge on any atom is 0.307 e. The summed E-state index contributed by atoms with van der Waals surface area (Å²) in [5.41, 5.74) is 1.98. The van der Waals surface area contributed by atoms with E-state index in [1.165, 1.54) is 4.90 Å². The van der Waals surface area contributed by atoms with Crippen LogP contribution >= 0.6 is 0 Å². The van der Waals surface area contributed by atoms with Gasteiger partial charge in [-0.15, -0.1) is 3.89 Å². The molecule has 1 aromatic carbocycles. The molecule has 7 heteroatoms. The summed E-state index contributed by atoms with van der Waals surface area (Å²) < 4.78 is 34.9. The first kappa shape index (κ1) is 14.2. The van der Waals surface area contributed by atoms with Gasteiger partial charge in [0, 0.05) is 30.6 Å². The normalized spacial score (nSPS) is 22.5. The van der Waals surface area contributed by atoms with Gasteiger partial charge in [-0.25, -0.2) is 0 Å². The van der Waals surface area contributed by atoms with Crippen LogP contribution in [-0.2, 0) is 21.4 Å². The van der Waals surface area contributed by atoms with Crippen molar-refractivity contribution in [2.24, 2.45) is 0 Å². The van der Waals surface area contributed by atoms with Crippen molar-refractivity contribution in [2.45, 2.75) is 30.9 Å². The molecule has 2 aliphatic rings. The van der Waals surface area contributed by atoms with Gasteiger partial charge in [0.1, 0.15) is 5.25 Å². The average Bonchev–Trinajstić information content (AvgIpc) is 2.81. The van der Waals surface area contributed by atoms with E-state index in [4.69, 9.17) is 0 Å². The van der Waals surface area contributed by atoms with Crippen LogP contribution in [0.5, 0.6) is 0 Å². The third-order valence-corrected chi connectivity index (χ3v) is 5.16. The predicted molar refractivity (Wildman–Crippen MR) is 74.5 cm³/mol. The number of carbonyl (C=O) groups is 2. The van der Waals surface area contributed by atoms with Crippen LogP contribution in [0.15, 0.2) is 18.2 Å². The molecule has 1 aliphatic carbocycles. The van der Waals surface area contributed by atoms with Crippen molar-refractivity contribution in [1.82, 2.24) is 0 Å². The van der Waals surface area contributed by atoms with Crippen molar-refractivity contribution in [1.29, 1.82) is 0 Å². The predicted octanol–water partition coefficient (Wildman–Crippen LogP) is 1.61. The summed E-state index contributed by atoms with van der Waals surface area (Å²) in [6, 6.07) is 5.08. The Kier molecular flexibility index (Phi) is 3.32. The van der Waals surface area contributed by atoms with Gasteiger partial charge < -0.3 is 4.90 Å². The van der Waals surface area contributed by atoms with Crippen LogP contribution in [0, 0.1) is 0 Å². The zero-order valence-electron chi connectivity index (χ0n) is 11.2. The van der Waals surface area contributed by atoms with E-state index in [9.17, 15) is 21.9 Å². The van der Waals surface area contributed by atoms with Crippen molar-refractivity contribution >= 4 is 27.6 Å². The first-order chi connectivity index (χ1) is 9.86. The minimum absolute atomic E-state index is 0.0272. The molecule has 0 N–H and O–H groups in total. The highest BCUT2D eigenvalue weighted by molar-refractivity contribution is 7.87. The molecule has 0 aromatic heterocycles. The van der Waals surface area contributed by atoms with Crippen LogP contribution in [0.25, 0.3) is 0 Å². The number of carbonyl (C=O) groups excluding carboxylic acids is 2. The molecular weight excluding hydrogens is 297 g/mol. The second-order valence-corrected chi connectivity index (χ2v) is 7.04. The van der Waals surface area contributed by atoms with Gasteiger partial charge in [0.2, 0.25) is 5.91 Å². The van der Waals surface area contributed by atoms with E-state index in [-0.39, 0.29) is 18.7 Å². The first-order valence-corrected chi connectivity index (χ1v) is 8.21. The van der Waals surface area contributed by atoms with Crippen LogP contribution in [-0.4, -0.2) is 31.9 Å². The molecule has 1 atom stereocenters. The fourth-order valence-electron chi connectivity index (χ4n) is 2.90. The number of rotatable bonds is 2. The molecule has 1 heterocycles. The van der Waals surface area contributed by atoms with Crippen molar-refractivity contribution in [3.63, 3.8) is 0 Å². The summed E-state index contributed by atoms with van der Waals surface area (Å²) in [6.45, 7) is -0.204. The number of hydrogen-bond acceptors (Lipinski definition) is 4. The van der Waals surface area contributed by atoms with Crippen molar-refractivity contribution in [3.05, 3.63) is 29.3 Å². The Bertz CT molecular complexity index is 728. The topological polar surface area (TPSA) is 71.5 Å². The van der Waals surface area contributed by atoms with E-state index in [0.29, 0.717) is 17.7 Å². The zero-order valence-corrected chi connectivity index (χ0v) is 12.0. The third kappa shape index (κ3) is 2.57. The summed E-state index contributed by atoms with van der Waals surface area (Å²) in [4.78, 5) is 25.0. The van der Waals surface area contributed by atoms with Crippen LogP contribution in [0.1, 0.15) is 35.2 Å². The quantitative estimate of drug-likeness (QED) is 0.778. The number of halogens is 1. The Hall–Kier alpha value is -1.76. The highest BCUT2D eigenvalue weighted by Crippen LogP contribution is 2.30. The van der Waals surface area contributed by atoms with E-state index in [0.717, 1.165) is 18.4 Å². The molecule has 1 aromatic rings. The van der Waals surface area contributed by atoms with Gasteiger partial charge in [-0.3, -0.25) is 9.59 Å². The van der Waals surface area contributed by atoms with E-state index < -0.39 is 21.4 Å². The van der Waals surface area contributed by atoms with Gasteiger partial charge in [0.05, 0.1) is 0 Å². The minimum Gasteiger partial charge on any atom is -0.311 e. The highest BCUT2D eigenvalue weighted by atomic mass is 32.3. The Labute approximate surface area is 122 Å². The highest BCUT2D eigenvalue weighted by Gasteiger charge is 2.39. The number of nitrogens with zero attached hydrogens (tertiary/aromatic N) is 1. The lowest BCUT2D eigenvalue weighted by Gasteiger charge is -2.20.